The highest BCUT2D eigenvalue weighted by Crippen LogP contribution is 2.28. The Morgan fingerprint density at radius 3 is 2.66 bits per heavy atom. The predicted molar refractivity (Wildman–Crippen MR) is 99.3 cm³/mol. The van der Waals surface area contributed by atoms with E-state index in [0.717, 1.165) is 10.7 Å². The lowest BCUT2D eigenvalue weighted by atomic mass is 10.2. The summed E-state index contributed by atoms with van der Waals surface area (Å²) in [5.41, 5.74) is -0.178. The van der Waals surface area contributed by atoms with Gasteiger partial charge in [0.05, 0.1) is 18.8 Å². The fourth-order valence-electron chi connectivity index (χ4n) is 2.50. The van der Waals surface area contributed by atoms with E-state index in [1.54, 1.807) is 6.92 Å². The molecule has 1 amide bonds. The molecule has 3 rings (SSSR count). The molecule has 2 aromatic heterocycles. The van der Waals surface area contributed by atoms with Crippen LogP contribution < -0.4 is 5.32 Å². The van der Waals surface area contributed by atoms with E-state index in [9.17, 15) is 18.8 Å². The van der Waals surface area contributed by atoms with Gasteiger partial charge >= 0.3 is 12.1 Å². The topological polar surface area (TPSA) is 113 Å². The van der Waals surface area contributed by atoms with Crippen LogP contribution in [-0.2, 0) is 9.47 Å². The maximum atomic E-state index is 13.9. The number of benzene rings is 1. The van der Waals surface area contributed by atoms with Crippen LogP contribution >= 0.6 is 0 Å². The van der Waals surface area contributed by atoms with Gasteiger partial charge in [-0.25, -0.2) is 14.0 Å². The molecule has 0 aliphatic heterocycles. The maximum Gasteiger partial charge on any atom is 0.435 e. The second kappa shape index (κ2) is 8.55. The van der Waals surface area contributed by atoms with Crippen LogP contribution in [0.5, 0.6) is 0 Å². The third kappa shape index (κ3) is 4.10. The smallest absolute Gasteiger partial charge is 0.435 e. The Morgan fingerprint density at radius 1 is 1.21 bits per heavy atom. The molecule has 0 fully saturated rings. The van der Waals surface area contributed by atoms with Crippen LogP contribution in [0.25, 0.3) is 11.1 Å². The molecular formula is C19H18FN3O6. The summed E-state index contributed by atoms with van der Waals surface area (Å²) in [6.07, 6.45) is -0.217. The second-order valence-electron chi connectivity index (χ2n) is 5.85. The lowest BCUT2D eigenvalue weighted by molar-refractivity contribution is 0.0471. The first-order chi connectivity index (χ1) is 14.0. The van der Waals surface area contributed by atoms with Crippen molar-refractivity contribution in [3.8, 4) is 0 Å². The van der Waals surface area contributed by atoms with Crippen molar-refractivity contribution in [2.45, 2.75) is 20.3 Å². The van der Waals surface area contributed by atoms with E-state index in [1.165, 1.54) is 24.3 Å². The summed E-state index contributed by atoms with van der Waals surface area (Å²) in [4.78, 5) is 36.7. The van der Waals surface area contributed by atoms with Gasteiger partial charge in [-0.2, -0.15) is 4.68 Å². The molecule has 0 radical (unpaired) electrons. The number of carbonyl (C=O) groups is 3. The fourth-order valence-corrected chi connectivity index (χ4v) is 2.50. The Bertz CT molecular complexity index is 1070. The highest BCUT2D eigenvalue weighted by Gasteiger charge is 2.26. The number of nitrogens with one attached hydrogen (secondary N) is 1. The van der Waals surface area contributed by atoms with Crippen molar-refractivity contribution in [3.63, 3.8) is 0 Å². The van der Waals surface area contributed by atoms with Crippen molar-refractivity contribution in [1.29, 1.82) is 0 Å². The van der Waals surface area contributed by atoms with Gasteiger partial charge in [0.15, 0.2) is 11.4 Å². The fraction of sp³-hybridized carbons (Fsp3) is 0.263. The number of rotatable bonds is 6. The van der Waals surface area contributed by atoms with Gasteiger partial charge in [0, 0.05) is 6.07 Å². The molecule has 1 N–H and O–H groups in total. The molecule has 0 aliphatic carbocycles. The Morgan fingerprint density at radius 2 is 1.97 bits per heavy atom. The first-order valence-electron chi connectivity index (χ1n) is 8.88. The van der Waals surface area contributed by atoms with Crippen LogP contribution in [0.4, 0.5) is 15.0 Å². The van der Waals surface area contributed by atoms with Crippen LogP contribution in [0, 0.1) is 5.82 Å². The Labute approximate surface area is 164 Å². The number of ether oxygens (including phenoxy) is 2. The zero-order valence-corrected chi connectivity index (χ0v) is 15.7. The average Bonchev–Trinajstić information content (AvgIpc) is 3.27. The van der Waals surface area contributed by atoms with Crippen molar-refractivity contribution >= 4 is 34.9 Å². The first kappa shape index (κ1) is 20.1. The standard InChI is InChI=1S/C19H18FN3O6/c1-3-9-28-18(25)14-10-13-15(29-14)16(22-23(13)19(26)27-4-2)21-17(24)11-7-5-6-8-12(11)20/h5-8,10H,3-4,9H2,1-2H3,(H,21,22,24). The van der Waals surface area contributed by atoms with Crippen molar-refractivity contribution in [2.24, 2.45) is 0 Å². The lowest BCUT2D eigenvalue weighted by Gasteiger charge is -2.04. The molecule has 0 unspecified atom stereocenters. The minimum Gasteiger partial charge on any atom is -0.460 e. The normalized spacial score (nSPS) is 10.7. The number of esters is 1. The molecule has 152 valence electrons. The molecule has 0 saturated heterocycles. The second-order valence-corrected chi connectivity index (χ2v) is 5.85. The number of aromatic nitrogens is 2. The highest BCUT2D eigenvalue weighted by molar-refractivity contribution is 6.08. The quantitative estimate of drug-likeness (QED) is 0.626. The first-order valence-corrected chi connectivity index (χ1v) is 8.88. The van der Waals surface area contributed by atoms with Gasteiger partial charge in [-0.15, -0.1) is 5.10 Å². The molecule has 29 heavy (non-hydrogen) atoms. The summed E-state index contributed by atoms with van der Waals surface area (Å²) in [5, 5.41) is 6.36. The van der Waals surface area contributed by atoms with Gasteiger partial charge < -0.3 is 19.2 Å². The third-order valence-corrected chi connectivity index (χ3v) is 3.79. The van der Waals surface area contributed by atoms with E-state index in [2.05, 4.69) is 10.4 Å². The Kier molecular flexibility index (Phi) is 5.91. The van der Waals surface area contributed by atoms with Crippen LogP contribution in [0.15, 0.2) is 34.7 Å². The largest absolute Gasteiger partial charge is 0.460 e. The Hall–Kier alpha value is -3.69. The Balaban J connectivity index is 2.00. The number of furan rings is 1. The highest BCUT2D eigenvalue weighted by atomic mass is 19.1. The van der Waals surface area contributed by atoms with Crippen LogP contribution in [-0.4, -0.2) is 41.0 Å². The molecule has 1 aromatic carbocycles. The molecule has 9 nitrogen and oxygen atoms in total. The summed E-state index contributed by atoms with van der Waals surface area (Å²) in [5.74, 6) is -2.61. The minimum atomic E-state index is -0.835. The SMILES string of the molecule is CCCOC(=O)c1cc2c(o1)c(NC(=O)c1ccccc1F)nn2C(=O)OCC. The third-order valence-electron chi connectivity index (χ3n) is 3.79. The van der Waals surface area contributed by atoms with Crippen LogP contribution in [0.3, 0.4) is 0 Å². The number of anilines is 1. The zero-order chi connectivity index (χ0) is 21.0. The number of hydrogen-bond acceptors (Lipinski definition) is 7. The summed E-state index contributed by atoms with van der Waals surface area (Å²) < 4.78 is 30.1. The number of carbonyl (C=O) groups excluding carboxylic acids is 3. The number of hydrogen-bond donors (Lipinski definition) is 1. The molecule has 0 aliphatic rings. The van der Waals surface area contributed by atoms with Crippen molar-refractivity contribution in [2.75, 3.05) is 18.5 Å². The van der Waals surface area contributed by atoms with Gasteiger partial charge in [0.25, 0.3) is 5.91 Å². The molecule has 0 bridgehead atoms. The monoisotopic (exact) mass is 403 g/mol. The van der Waals surface area contributed by atoms with E-state index >= 15 is 0 Å². The minimum absolute atomic E-state index is 0.0498. The zero-order valence-electron chi connectivity index (χ0n) is 15.7. The van der Waals surface area contributed by atoms with Gasteiger partial charge in [0.1, 0.15) is 11.3 Å². The number of nitrogens with zero attached hydrogens (tertiary/aromatic N) is 2. The van der Waals surface area contributed by atoms with E-state index in [0.29, 0.717) is 6.42 Å². The molecular weight excluding hydrogens is 385 g/mol. The van der Waals surface area contributed by atoms with Crippen LogP contribution in [0.1, 0.15) is 41.2 Å². The summed E-state index contributed by atoms with van der Waals surface area (Å²) in [6, 6.07) is 6.63. The molecule has 0 saturated carbocycles. The van der Waals surface area contributed by atoms with Crippen LogP contribution in [0.2, 0.25) is 0 Å². The molecule has 2 heterocycles. The van der Waals surface area contributed by atoms with Gasteiger partial charge in [-0.3, -0.25) is 4.79 Å². The number of fused-ring (bicyclic) bond motifs is 1. The molecule has 10 heteroatoms. The number of amides is 1. The average molecular weight is 403 g/mol. The number of halogens is 1. The van der Waals surface area contributed by atoms with E-state index < -0.39 is 23.8 Å². The molecule has 0 spiro atoms. The van der Waals surface area contributed by atoms with Crippen molar-refractivity contribution in [1.82, 2.24) is 9.78 Å². The lowest BCUT2D eigenvalue weighted by Crippen LogP contribution is -2.17. The van der Waals surface area contributed by atoms with Gasteiger partial charge in [0.2, 0.25) is 5.76 Å². The van der Waals surface area contributed by atoms with Gasteiger partial charge in [-0.05, 0) is 25.5 Å². The predicted octanol–water partition coefficient (Wildman–Crippen LogP) is 3.59. The van der Waals surface area contributed by atoms with Crippen molar-refractivity contribution < 1.29 is 32.7 Å². The molecule has 0 atom stereocenters. The summed E-state index contributed by atoms with van der Waals surface area (Å²) in [6.45, 7) is 3.72. The van der Waals surface area contributed by atoms with E-state index in [1.807, 2.05) is 6.92 Å². The van der Waals surface area contributed by atoms with E-state index in [4.69, 9.17) is 13.9 Å². The van der Waals surface area contributed by atoms with E-state index in [-0.39, 0.29) is 41.5 Å². The summed E-state index contributed by atoms with van der Waals surface area (Å²) in [7, 11) is 0. The molecule has 3 aromatic rings. The van der Waals surface area contributed by atoms with Crippen molar-refractivity contribution in [3.05, 3.63) is 47.5 Å². The summed E-state index contributed by atoms with van der Waals surface area (Å²) >= 11 is 0. The maximum absolute atomic E-state index is 13.9. The van der Waals surface area contributed by atoms with Gasteiger partial charge in [-0.1, -0.05) is 19.1 Å².